The van der Waals surface area contributed by atoms with Gasteiger partial charge in [0.05, 0.1) is 32.7 Å². The first-order valence-electron chi connectivity index (χ1n) is 8.45. The van der Waals surface area contributed by atoms with Crippen LogP contribution in [0.4, 0.5) is 10.8 Å². The van der Waals surface area contributed by atoms with E-state index in [9.17, 15) is 4.79 Å². The highest BCUT2D eigenvalue weighted by atomic mass is 32.1. The van der Waals surface area contributed by atoms with Crippen molar-refractivity contribution < 1.29 is 19.0 Å². The van der Waals surface area contributed by atoms with Crippen LogP contribution in [0.2, 0.25) is 0 Å². The Bertz CT molecular complexity index is 965. The molecule has 7 nitrogen and oxygen atoms in total. The van der Waals surface area contributed by atoms with E-state index < -0.39 is 0 Å². The van der Waals surface area contributed by atoms with Crippen LogP contribution in [0.15, 0.2) is 41.8 Å². The summed E-state index contributed by atoms with van der Waals surface area (Å²) in [5, 5.41) is 8.67. The molecule has 0 unspecified atom stereocenters. The molecule has 0 aliphatic carbocycles. The lowest BCUT2D eigenvalue weighted by molar-refractivity contribution is 0.102. The summed E-state index contributed by atoms with van der Waals surface area (Å²) >= 11 is 1.51. The Morgan fingerprint density at radius 1 is 1.00 bits per heavy atom. The number of thiazole rings is 1. The number of carbonyl (C=O) groups excluding carboxylic acids is 1. The van der Waals surface area contributed by atoms with Crippen molar-refractivity contribution in [1.82, 2.24) is 4.98 Å². The van der Waals surface area contributed by atoms with Crippen LogP contribution >= 0.6 is 11.3 Å². The van der Waals surface area contributed by atoms with Gasteiger partial charge in [-0.3, -0.25) is 4.79 Å². The molecule has 3 aromatic rings. The number of hydrogen-bond donors (Lipinski definition) is 2. The molecule has 0 atom stereocenters. The average Bonchev–Trinajstić information content (AvgIpc) is 3.22. The lowest BCUT2D eigenvalue weighted by Crippen LogP contribution is -2.15. The standard InChI is InChI=1S/C20H21N3O4S/c1-21-20-23-14(11-28-20)12-8-9-15(25-2)13(10-12)22-19(24)18-16(26-3)6-5-7-17(18)27-4/h5-11H,1-4H3,(H,21,23)(H,22,24). The number of benzene rings is 2. The second-order valence-electron chi connectivity index (χ2n) is 5.69. The lowest BCUT2D eigenvalue weighted by Gasteiger charge is -2.15. The molecule has 0 fully saturated rings. The van der Waals surface area contributed by atoms with Crippen LogP contribution in [0.1, 0.15) is 10.4 Å². The molecule has 0 saturated carbocycles. The zero-order chi connectivity index (χ0) is 20.1. The molecule has 2 N–H and O–H groups in total. The molecule has 3 rings (SSSR count). The second kappa shape index (κ2) is 8.62. The summed E-state index contributed by atoms with van der Waals surface area (Å²) in [7, 11) is 6.39. The van der Waals surface area contributed by atoms with Gasteiger partial charge in [0.1, 0.15) is 22.8 Å². The Labute approximate surface area is 167 Å². The molecule has 2 aromatic carbocycles. The summed E-state index contributed by atoms with van der Waals surface area (Å²) < 4.78 is 16.1. The quantitative estimate of drug-likeness (QED) is 0.622. The predicted molar refractivity (Wildman–Crippen MR) is 111 cm³/mol. The maximum atomic E-state index is 13.0. The fourth-order valence-corrected chi connectivity index (χ4v) is 3.43. The van der Waals surface area contributed by atoms with Crippen molar-refractivity contribution in [1.29, 1.82) is 0 Å². The Morgan fingerprint density at radius 3 is 2.25 bits per heavy atom. The number of amides is 1. The van der Waals surface area contributed by atoms with Crippen LogP contribution in [-0.2, 0) is 0 Å². The topological polar surface area (TPSA) is 81.7 Å². The smallest absolute Gasteiger partial charge is 0.263 e. The van der Waals surface area contributed by atoms with Crippen molar-refractivity contribution in [2.24, 2.45) is 0 Å². The summed E-state index contributed by atoms with van der Waals surface area (Å²) in [6.45, 7) is 0. The van der Waals surface area contributed by atoms with Gasteiger partial charge >= 0.3 is 0 Å². The number of methoxy groups -OCH3 is 3. The minimum Gasteiger partial charge on any atom is -0.496 e. The minimum absolute atomic E-state index is 0.311. The highest BCUT2D eigenvalue weighted by molar-refractivity contribution is 7.14. The molecule has 1 heterocycles. The highest BCUT2D eigenvalue weighted by Crippen LogP contribution is 2.34. The second-order valence-corrected chi connectivity index (χ2v) is 6.55. The zero-order valence-electron chi connectivity index (χ0n) is 16.0. The molecule has 8 heteroatoms. The molecule has 0 aliphatic rings. The number of anilines is 2. The molecule has 0 saturated heterocycles. The maximum Gasteiger partial charge on any atom is 0.263 e. The van der Waals surface area contributed by atoms with Crippen LogP contribution in [0.25, 0.3) is 11.3 Å². The molecular weight excluding hydrogens is 378 g/mol. The first-order chi connectivity index (χ1) is 13.6. The summed E-state index contributed by atoms with van der Waals surface area (Å²) in [6, 6.07) is 10.7. The van der Waals surface area contributed by atoms with E-state index in [4.69, 9.17) is 14.2 Å². The SMILES string of the molecule is CNc1nc(-c2ccc(OC)c(NC(=O)c3c(OC)cccc3OC)c2)cs1. The number of rotatable bonds is 7. The number of hydrogen-bond acceptors (Lipinski definition) is 7. The van der Waals surface area contributed by atoms with Crippen molar-refractivity contribution in [3.8, 4) is 28.5 Å². The third-order valence-electron chi connectivity index (χ3n) is 4.12. The monoisotopic (exact) mass is 399 g/mol. The van der Waals surface area contributed by atoms with Gasteiger partial charge in [-0.15, -0.1) is 11.3 Å². The van der Waals surface area contributed by atoms with Crippen LogP contribution in [-0.4, -0.2) is 39.3 Å². The van der Waals surface area contributed by atoms with Crippen molar-refractivity contribution in [2.75, 3.05) is 39.0 Å². The predicted octanol–water partition coefficient (Wildman–Crippen LogP) is 4.13. The van der Waals surface area contributed by atoms with Crippen LogP contribution in [0.5, 0.6) is 17.2 Å². The number of nitrogens with one attached hydrogen (secondary N) is 2. The first-order valence-corrected chi connectivity index (χ1v) is 9.33. The third-order valence-corrected chi connectivity index (χ3v) is 4.98. The lowest BCUT2D eigenvalue weighted by atomic mass is 10.1. The van der Waals surface area contributed by atoms with Gasteiger partial charge in [-0.2, -0.15) is 0 Å². The Kier molecular flexibility index (Phi) is 6.00. The summed E-state index contributed by atoms with van der Waals surface area (Å²) in [4.78, 5) is 17.5. The van der Waals surface area contributed by atoms with E-state index in [1.807, 2.05) is 24.6 Å². The van der Waals surface area contributed by atoms with Crippen LogP contribution < -0.4 is 24.8 Å². The fraction of sp³-hybridized carbons (Fsp3) is 0.200. The number of carbonyl (C=O) groups is 1. The van der Waals surface area contributed by atoms with E-state index in [0.29, 0.717) is 28.5 Å². The van der Waals surface area contributed by atoms with Gasteiger partial charge in [0, 0.05) is 18.0 Å². The Morgan fingerprint density at radius 2 is 1.68 bits per heavy atom. The first kappa shape index (κ1) is 19.5. The van der Waals surface area contributed by atoms with E-state index in [0.717, 1.165) is 16.4 Å². The van der Waals surface area contributed by atoms with Crippen LogP contribution in [0.3, 0.4) is 0 Å². The molecule has 0 radical (unpaired) electrons. The Balaban J connectivity index is 1.97. The van der Waals surface area contributed by atoms with Crippen molar-refractivity contribution >= 4 is 28.1 Å². The number of ether oxygens (including phenoxy) is 3. The Hall–Kier alpha value is -3.26. The van der Waals surface area contributed by atoms with E-state index in [1.165, 1.54) is 25.6 Å². The third kappa shape index (κ3) is 3.86. The summed E-state index contributed by atoms with van der Waals surface area (Å²) in [5.74, 6) is 1.02. The molecule has 146 valence electrons. The molecule has 1 aromatic heterocycles. The van der Waals surface area contributed by atoms with Gasteiger partial charge in [-0.1, -0.05) is 6.07 Å². The van der Waals surface area contributed by atoms with E-state index in [1.54, 1.807) is 31.4 Å². The highest BCUT2D eigenvalue weighted by Gasteiger charge is 2.20. The maximum absolute atomic E-state index is 13.0. The normalized spacial score (nSPS) is 10.3. The van der Waals surface area contributed by atoms with Gasteiger partial charge < -0.3 is 24.8 Å². The minimum atomic E-state index is -0.362. The molecule has 1 amide bonds. The van der Waals surface area contributed by atoms with Gasteiger partial charge in [-0.05, 0) is 30.3 Å². The largest absolute Gasteiger partial charge is 0.496 e. The number of aromatic nitrogens is 1. The molecule has 0 spiro atoms. The van der Waals surface area contributed by atoms with Crippen molar-refractivity contribution in [2.45, 2.75) is 0 Å². The summed E-state index contributed by atoms with van der Waals surface area (Å²) in [6.07, 6.45) is 0. The van der Waals surface area contributed by atoms with Gasteiger partial charge in [0.15, 0.2) is 5.13 Å². The van der Waals surface area contributed by atoms with Crippen molar-refractivity contribution in [3.63, 3.8) is 0 Å². The zero-order valence-corrected chi connectivity index (χ0v) is 16.8. The summed E-state index contributed by atoms with van der Waals surface area (Å²) in [5.41, 5.74) is 2.51. The van der Waals surface area contributed by atoms with E-state index >= 15 is 0 Å². The van der Waals surface area contributed by atoms with Gasteiger partial charge in [-0.25, -0.2) is 4.98 Å². The molecule has 0 aliphatic heterocycles. The van der Waals surface area contributed by atoms with Crippen molar-refractivity contribution in [3.05, 3.63) is 47.3 Å². The number of nitrogens with zero attached hydrogens (tertiary/aromatic N) is 1. The van der Waals surface area contributed by atoms with Gasteiger partial charge in [0.25, 0.3) is 5.91 Å². The van der Waals surface area contributed by atoms with E-state index in [-0.39, 0.29) is 5.91 Å². The van der Waals surface area contributed by atoms with Gasteiger partial charge in [0.2, 0.25) is 0 Å². The average molecular weight is 399 g/mol. The molecule has 28 heavy (non-hydrogen) atoms. The molecule has 0 bridgehead atoms. The fourth-order valence-electron chi connectivity index (χ4n) is 2.75. The molecular formula is C20H21N3O4S. The van der Waals surface area contributed by atoms with E-state index in [2.05, 4.69) is 15.6 Å². The van der Waals surface area contributed by atoms with Crippen LogP contribution in [0, 0.1) is 0 Å².